The number of aliphatic hydroxyl groups excluding tert-OH is 1. The number of aliphatic hydroxyl groups is 1. The van der Waals surface area contributed by atoms with E-state index in [1.165, 1.54) is 0 Å². The van der Waals surface area contributed by atoms with E-state index in [2.05, 4.69) is 29.1 Å². The molecule has 3 unspecified atom stereocenters. The first-order chi connectivity index (χ1) is 21.6. The molecule has 3 aliphatic rings. The van der Waals surface area contributed by atoms with Gasteiger partial charge in [0.05, 0.1) is 39.9 Å². The first-order valence-corrected chi connectivity index (χ1v) is 17.6. The fourth-order valence-electron chi connectivity index (χ4n) is 7.57. The third-order valence-electron chi connectivity index (χ3n) is 9.77. The van der Waals surface area contributed by atoms with Gasteiger partial charge in [-0.15, -0.1) is 24.9 Å². The number of carbonyl (C=O) groups is 3. The number of anilines is 2. The highest BCUT2D eigenvalue weighted by molar-refractivity contribution is 9.09. The molecule has 3 heterocycles. The fourth-order valence-corrected chi connectivity index (χ4v) is 11.5. The second-order valence-corrected chi connectivity index (χ2v) is 15.4. The molecule has 10 heteroatoms. The van der Waals surface area contributed by atoms with Crippen molar-refractivity contribution in [3.05, 3.63) is 84.4 Å². The molecule has 45 heavy (non-hydrogen) atoms. The molecule has 5 rings (SSSR count). The summed E-state index contributed by atoms with van der Waals surface area (Å²) in [7, 11) is 0. The van der Waals surface area contributed by atoms with Gasteiger partial charge in [-0.1, -0.05) is 90.3 Å². The van der Waals surface area contributed by atoms with E-state index in [9.17, 15) is 14.7 Å². The Balaban J connectivity index is 1.67. The maximum atomic E-state index is 15.1. The average Bonchev–Trinajstić information content (AvgIpc) is 3.62. The molecule has 2 aromatic rings. The number of rotatable bonds is 12. The lowest BCUT2D eigenvalue weighted by atomic mass is 9.70. The number of hydrogen-bond donors (Lipinski definition) is 1. The second-order valence-electron chi connectivity index (χ2n) is 12.3. The van der Waals surface area contributed by atoms with Crippen molar-refractivity contribution in [1.82, 2.24) is 4.90 Å². The van der Waals surface area contributed by atoms with E-state index in [4.69, 9.17) is 11.6 Å². The number of thioether (sulfide) groups is 1. The lowest BCUT2D eigenvalue weighted by Crippen LogP contribution is -2.59. The summed E-state index contributed by atoms with van der Waals surface area (Å²) >= 11 is 12.2. The van der Waals surface area contributed by atoms with Gasteiger partial charge in [0, 0.05) is 28.9 Å². The second kappa shape index (κ2) is 13.6. The Morgan fingerprint density at radius 1 is 1.13 bits per heavy atom. The van der Waals surface area contributed by atoms with Crippen LogP contribution in [0.1, 0.15) is 32.3 Å². The molecule has 1 spiro atoms. The number of halogens is 2. The van der Waals surface area contributed by atoms with Crippen molar-refractivity contribution in [2.45, 2.75) is 60.5 Å². The van der Waals surface area contributed by atoms with Gasteiger partial charge in [-0.05, 0) is 43.0 Å². The Labute approximate surface area is 283 Å². The molecule has 7 nitrogen and oxygen atoms in total. The van der Waals surface area contributed by atoms with Gasteiger partial charge in [-0.3, -0.25) is 14.4 Å². The van der Waals surface area contributed by atoms with Crippen LogP contribution in [0.3, 0.4) is 0 Å². The monoisotopic (exact) mass is 713 g/mol. The summed E-state index contributed by atoms with van der Waals surface area (Å²) < 4.78 is -0.890. The van der Waals surface area contributed by atoms with Crippen LogP contribution in [0.4, 0.5) is 11.4 Å². The summed E-state index contributed by atoms with van der Waals surface area (Å²) in [5, 5.41) is 11.0. The molecule has 3 aliphatic heterocycles. The molecule has 8 atom stereocenters. The van der Waals surface area contributed by atoms with Crippen molar-refractivity contribution in [3.8, 4) is 0 Å². The van der Waals surface area contributed by atoms with Crippen LogP contribution in [0.25, 0.3) is 0 Å². The molecule has 0 aromatic heterocycles. The minimum atomic E-state index is -0.922. The van der Waals surface area contributed by atoms with Crippen LogP contribution in [0.5, 0.6) is 0 Å². The first kappa shape index (κ1) is 33.8. The minimum Gasteiger partial charge on any atom is -0.394 e. The Kier molecular flexibility index (Phi) is 10.2. The van der Waals surface area contributed by atoms with Crippen LogP contribution in [-0.2, 0) is 14.4 Å². The number of benzene rings is 2. The molecule has 3 amide bonds. The number of amides is 3. The maximum Gasteiger partial charge on any atom is 0.251 e. The highest BCUT2D eigenvalue weighted by Crippen LogP contribution is 2.68. The lowest BCUT2D eigenvalue weighted by Gasteiger charge is -2.41. The molecule has 3 fully saturated rings. The summed E-state index contributed by atoms with van der Waals surface area (Å²) in [6.45, 7) is 13.9. The molecule has 0 radical (unpaired) electrons. The number of nitrogens with zero attached hydrogens (tertiary/aromatic N) is 3. The van der Waals surface area contributed by atoms with Crippen molar-refractivity contribution < 1.29 is 19.5 Å². The van der Waals surface area contributed by atoms with Gasteiger partial charge in [0.1, 0.15) is 6.04 Å². The van der Waals surface area contributed by atoms with E-state index in [1.54, 1.807) is 44.7 Å². The van der Waals surface area contributed by atoms with Gasteiger partial charge in [-0.2, -0.15) is 0 Å². The molecule has 1 N–H and O–H groups in total. The molecule has 0 aliphatic carbocycles. The Hall–Kier alpha value is -2.59. The van der Waals surface area contributed by atoms with Gasteiger partial charge < -0.3 is 19.8 Å². The Morgan fingerprint density at radius 3 is 2.40 bits per heavy atom. The summed E-state index contributed by atoms with van der Waals surface area (Å²) in [4.78, 5) is 49.4. The quantitative estimate of drug-likeness (QED) is 0.208. The van der Waals surface area contributed by atoms with Crippen molar-refractivity contribution in [3.63, 3.8) is 0 Å². The third-order valence-corrected chi connectivity index (χ3v) is 13.3. The highest BCUT2D eigenvalue weighted by Gasteiger charge is 2.76. The zero-order valence-corrected chi connectivity index (χ0v) is 29.1. The number of alkyl halides is 1. The number of aryl methyl sites for hydroxylation is 1. The van der Waals surface area contributed by atoms with E-state index in [0.717, 1.165) is 11.3 Å². The number of carbonyl (C=O) groups excluding carboxylic acids is 3. The van der Waals surface area contributed by atoms with E-state index < -0.39 is 28.7 Å². The summed E-state index contributed by atoms with van der Waals surface area (Å²) in [6.07, 6.45) is 4.57. The predicted octanol–water partition coefficient (Wildman–Crippen LogP) is 6.26. The minimum absolute atomic E-state index is 0.0860. The van der Waals surface area contributed by atoms with E-state index >= 15 is 4.79 Å². The number of fused-ring (bicyclic) bond motifs is 1. The van der Waals surface area contributed by atoms with E-state index in [-0.39, 0.29) is 53.4 Å². The Morgan fingerprint density at radius 2 is 1.80 bits per heavy atom. The average molecular weight is 715 g/mol. The topological polar surface area (TPSA) is 81.2 Å². The third kappa shape index (κ3) is 5.57. The van der Waals surface area contributed by atoms with Crippen LogP contribution < -0.4 is 9.80 Å². The molecule has 2 aromatic carbocycles. The standard InChI is InChI=1S/C35H41BrClN3O4S/c1-6-17-38(23-14-10-9-11-15-23)32(42)27-28-33(43)40(26(20-41)21(4)8-3)31(35(28)19-24(36)30(27)45-35)34(44)39(18-7-2)29-22(5)13-12-16-25(29)37/h6-7,9-16,21,24,26-28,30-31,41H,1-2,8,17-20H2,3-5H3/t21-,24?,26-,27-,28-,30-,31?,35?/m0/s1. The smallest absolute Gasteiger partial charge is 0.251 e. The first-order valence-electron chi connectivity index (χ1n) is 15.5. The van der Waals surface area contributed by atoms with Crippen LogP contribution in [0.2, 0.25) is 5.02 Å². The van der Waals surface area contributed by atoms with E-state index in [0.29, 0.717) is 23.6 Å². The van der Waals surface area contributed by atoms with Gasteiger partial charge in [-0.25, -0.2) is 0 Å². The molecule has 240 valence electrons. The van der Waals surface area contributed by atoms with Crippen LogP contribution in [0, 0.1) is 24.7 Å². The summed E-state index contributed by atoms with van der Waals surface area (Å²) in [5.41, 5.74) is 2.12. The normalized spacial score (nSPS) is 28.0. The SMILES string of the molecule is C=CCN(C(=O)[C@H]1[C@H]2C(=O)N([C@@H](CO)[C@@H](C)CC)C(C(=O)N(CC=C)c3c(C)cccc3Cl)C23CC(Br)[C@@H]1S3)c1ccccc1. The largest absolute Gasteiger partial charge is 0.394 e. The van der Waals surface area contributed by atoms with Crippen LogP contribution in [-0.4, -0.2) is 74.3 Å². The molecular weight excluding hydrogens is 674 g/mol. The predicted molar refractivity (Wildman–Crippen MR) is 187 cm³/mol. The van der Waals surface area contributed by atoms with Gasteiger partial charge in [0.2, 0.25) is 11.8 Å². The molecule has 3 saturated heterocycles. The van der Waals surface area contributed by atoms with Crippen molar-refractivity contribution in [2.24, 2.45) is 17.8 Å². The molecule has 0 saturated carbocycles. The lowest BCUT2D eigenvalue weighted by molar-refractivity contribution is -0.143. The number of likely N-dealkylation sites (tertiary alicyclic amines) is 1. The zero-order valence-electron chi connectivity index (χ0n) is 25.9. The Bertz CT molecular complexity index is 1460. The number of hydrogen-bond acceptors (Lipinski definition) is 5. The van der Waals surface area contributed by atoms with Crippen molar-refractivity contribution in [1.29, 1.82) is 0 Å². The maximum absolute atomic E-state index is 15.1. The zero-order chi connectivity index (χ0) is 32.6. The van der Waals surface area contributed by atoms with Crippen LogP contribution >= 0.6 is 39.3 Å². The van der Waals surface area contributed by atoms with Crippen LogP contribution in [0.15, 0.2) is 73.8 Å². The molecule has 2 bridgehead atoms. The van der Waals surface area contributed by atoms with Gasteiger partial charge in [0.15, 0.2) is 0 Å². The molecular formula is C35H41BrClN3O4S. The summed E-state index contributed by atoms with van der Waals surface area (Å²) in [6, 6.07) is 13.4. The van der Waals surface area contributed by atoms with E-state index in [1.807, 2.05) is 63.2 Å². The van der Waals surface area contributed by atoms with Gasteiger partial charge in [0.25, 0.3) is 5.91 Å². The van der Waals surface area contributed by atoms with Crippen molar-refractivity contribution >= 4 is 68.4 Å². The van der Waals surface area contributed by atoms with Crippen molar-refractivity contribution in [2.75, 3.05) is 29.5 Å². The fraction of sp³-hybridized carbons (Fsp3) is 0.457. The van der Waals surface area contributed by atoms with Gasteiger partial charge >= 0.3 is 0 Å². The summed E-state index contributed by atoms with van der Waals surface area (Å²) in [5.74, 6) is -2.19. The highest BCUT2D eigenvalue weighted by atomic mass is 79.9. The number of para-hydroxylation sites is 2.